The summed E-state index contributed by atoms with van der Waals surface area (Å²) >= 11 is 9.15. The Kier molecular flexibility index (Phi) is 5.83. The molecule has 6 nitrogen and oxygen atoms in total. The zero-order chi connectivity index (χ0) is 22.3. The van der Waals surface area contributed by atoms with Gasteiger partial charge in [0.15, 0.2) is 0 Å². The van der Waals surface area contributed by atoms with Crippen LogP contribution in [-0.4, -0.2) is 29.3 Å². The third kappa shape index (κ3) is 4.29. The summed E-state index contributed by atoms with van der Waals surface area (Å²) in [5.41, 5.74) is -2.17. The van der Waals surface area contributed by atoms with Crippen LogP contribution in [0.25, 0.3) is 0 Å². The van der Waals surface area contributed by atoms with Gasteiger partial charge in [0.25, 0.3) is 5.91 Å². The van der Waals surface area contributed by atoms with E-state index in [1.807, 2.05) is 0 Å². The molecule has 2 aromatic rings. The summed E-state index contributed by atoms with van der Waals surface area (Å²) in [5.74, 6) is -1.55. The number of carbonyl (C=O) groups excluding carboxylic acids is 3. The summed E-state index contributed by atoms with van der Waals surface area (Å²) in [7, 11) is 0. The van der Waals surface area contributed by atoms with E-state index in [1.165, 1.54) is 6.92 Å². The molecule has 1 aliphatic rings. The summed E-state index contributed by atoms with van der Waals surface area (Å²) in [6.45, 7) is 0.803. The Balaban J connectivity index is 1.78. The van der Waals surface area contributed by atoms with Gasteiger partial charge in [-0.1, -0.05) is 39.7 Å². The number of imide groups is 1. The topological polar surface area (TPSA) is 78.5 Å². The number of alkyl halides is 3. The van der Waals surface area contributed by atoms with Crippen molar-refractivity contribution in [2.75, 3.05) is 11.9 Å². The van der Waals surface area contributed by atoms with Gasteiger partial charge in [-0.25, -0.2) is 4.79 Å². The molecule has 158 valence electrons. The van der Waals surface area contributed by atoms with Crippen LogP contribution in [0, 0.1) is 0 Å². The summed E-state index contributed by atoms with van der Waals surface area (Å²) in [5, 5.41) is 4.64. The number of rotatable bonds is 4. The molecule has 3 rings (SSSR count). The van der Waals surface area contributed by atoms with Gasteiger partial charge in [-0.2, -0.15) is 13.2 Å². The number of anilines is 1. The molecule has 2 N–H and O–H groups in total. The average molecular weight is 505 g/mol. The lowest BCUT2D eigenvalue weighted by Gasteiger charge is -2.22. The SMILES string of the molecule is CC1(c2cccc(Br)c2)NC(=O)N(CC(=O)Nc2cc(C(F)(F)F)ccc2Cl)C1=O. The van der Waals surface area contributed by atoms with E-state index in [0.29, 0.717) is 21.0 Å². The third-order valence-corrected chi connectivity index (χ3v) is 5.37. The molecule has 1 aliphatic heterocycles. The maximum Gasteiger partial charge on any atom is 0.416 e. The van der Waals surface area contributed by atoms with Crippen LogP contribution >= 0.6 is 27.5 Å². The van der Waals surface area contributed by atoms with Gasteiger partial charge in [-0.3, -0.25) is 14.5 Å². The van der Waals surface area contributed by atoms with Crippen LogP contribution in [0.5, 0.6) is 0 Å². The minimum Gasteiger partial charge on any atom is -0.323 e. The van der Waals surface area contributed by atoms with E-state index in [9.17, 15) is 27.6 Å². The van der Waals surface area contributed by atoms with Gasteiger partial charge in [0.05, 0.1) is 16.3 Å². The van der Waals surface area contributed by atoms with Gasteiger partial charge in [-0.15, -0.1) is 0 Å². The van der Waals surface area contributed by atoms with Crippen LogP contribution in [-0.2, 0) is 21.3 Å². The summed E-state index contributed by atoms with van der Waals surface area (Å²) in [4.78, 5) is 38.2. The van der Waals surface area contributed by atoms with Crippen LogP contribution in [0.15, 0.2) is 46.9 Å². The van der Waals surface area contributed by atoms with Gasteiger partial charge in [-0.05, 0) is 42.8 Å². The van der Waals surface area contributed by atoms with E-state index >= 15 is 0 Å². The molecule has 30 heavy (non-hydrogen) atoms. The third-order valence-electron chi connectivity index (χ3n) is 4.55. The smallest absolute Gasteiger partial charge is 0.323 e. The van der Waals surface area contributed by atoms with Crippen molar-refractivity contribution in [2.24, 2.45) is 0 Å². The lowest BCUT2D eigenvalue weighted by molar-refractivity contribution is -0.137. The second-order valence-electron chi connectivity index (χ2n) is 6.70. The first-order valence-corrected chi connectivity index (χ1v) is 9.65. The number of halogens is 5. The lowest BCUT2D eigenvalue weighted by Crippen LogP contribution is -2.42. The largest absolute Gasteiger partial charge is 0.416 e. The first-order chi connectivity index (χ1) is 13.9. The van der Waals surface area contributed by atoms with Gasteiger partial charge in [0.2, 0.25) is 5.91 Å². The highest BCUT2D eigenvalue weighted by Crippen LogP contribution is 2.34. The van der Waals surface area contributed by atoms with Crippen molar-refractivity contribution in [3.05, 3.63) is 63.1 Å². The van der Waals surface area contributed by atoms with Crippen LogP contribution in [0.2, 0.25) is 5.02 Å². The molecule has 0 bridgehead atoms. The van der Waals surface area contributed by atoms with Gasteiger partial charge in [0, 0.05) is 4.47 Å². The molecule has 0 aliphatic carbocycles. The van der Waals surface area contributed by atoms with Gasteiger partial charge >= 0.3 is 12.2 Å². The Labute approximate surface area is 182 Å². The van der Waals surface area contributed by atoms with E-state index < -0.39 is 41.7 Å². The fraction of sp³-hybridized carbons (Fsp3) is 0.211. The number of nitrogens with one attached hydrogen (secondary N) is 2. The van der Waals surface area contributed by atoms with Crippen LogP contribution < -0.4 is 10.6 Å². The molecule has 0 saturated carbocycles. The predicted octanol–water partition coefficient (Wildman–Crippen LogP) is 4.53. The molecule has 11 heteroatoms. The number of amides is 4. The highest BCUT2D eigenvalue weighted by molar-refractivity contribution is 9.10. The minimum atomic E-state index is -4.62. The average Bonchev–Trinajstić information content (AvgIpc) is 2.87. The molecular weight excluding hydrogens is 491 g/mol. The van der Waals surface area contributed by atoms with Gasteiger partial charge in [0.1, 0.15) is 12.1 Å². The number of urea groups is 1. The number of hydrogen-bond donors (Lipinski definition) is 2. The second kappa shape index (κ2) is 7.92. The van der Waals surface area contributed by atoms with Gasteiger partial charge < -0.3 is 10.6 Å². The van der Waals surface area contributed by atoms with Crippen LogP contribution in [0.4, 0.5) is 23.7 Å². The molecular formula is C19H14BrClF3N3O3. The Hall–Kier alpha value is -2.59. The van der Waals surface area contributed by atoms with Crippen LogP contribution in [0.3, 0.4) is 0 Å². The van der Waals surface area contributed by atoms with E-state index in [1.54, 1.807) is 24.3 Å². The molecule has 4 amide bonds. The molecule has 1 atom stereocenters. The molecule has 0 radical (unpaired) electrons. The summed E-state index contributed by atoms with van der Waals surface area (Å²) < 4.78 is 39.3. The first kappa shape index (κ1) is 22.1. The Morgan fingerprint density at radius 2 is 1.93 bits per heavy atom. The van der Waals surface area contributed by atoms with Crippen molar-refractivity contribution in [1.82, 2.24) is 10.2 Å². The molecule has 0 spiro atoms. The maximum absolute atomic E-state index is 12.9. The molecule has 0 aromatic heterocycles. The summed E-state index contributed by atoms with van der Waals surface area (Å²) in [6.07, 6.45) is -4.62. The monoisotopic (exact) mass is 503 g/mol. The molecule has 2 aromatic carbocycles. The summed E-state index contributed by atoms with van der Waals surface area (Å²) in [6, 6.07) is 8.40. The zero-order valence-corrected chi connectivity index (χ0v) is 17.7. The second-order valence-corrected chi connectivity index (χ2v) is 8.02. The van der Waals surface area contributed by atoms with Crippen molar-refractivity contribution >= 4 is 51.1 Å². The van der Waals surface area contributed by atoms with Crippen molar-refractivity contribution < 1.29 is 27.6 Å². The zero-order valence-electron chi connectivity index (χ0n) is 15.3. The lowest BCUT2D eigenvalue weighted by atomic mass is 9.92. The highest BCUT2D eigenvalue weighted by Gasteiger charge is 2.49. The Morgan fingerprint density at radius 3 is 2.57 bits per heavy atom. The maximum atomic E-state index is 12.9. The minimum absolute atomic E-state index is 0.118. The fourth-order valence-corrected chi connectivity index (χ4v) is 3.53. The van der Waals surface area contributed by atoms with Crippen molar-refractivity contribution in [1.29, 1.82) is 0 Å². The van der Waals surface area contributed by atoms with E-state index in [2.05, 4.69) is 26.6 Å². The molecule has 1 unspecified atom stereocenters. The number of nitrogens with zero attached hydrogens (tertiary/aromatic N) is 1. The van der Waals surface area contributed by atoms with Crippen molar-refractivity contribution in [3.63, 3.8) is 0 Å². The molecule has 1 heterocycles. The van der Waals surface area contributed by atoms with E-state index in [0.717, 1.165) is 12.1 Å². The first-order valence-electron chi connectivity index (χ1n) is 8.48. The number of carbonyl (C=O) groups is 3. The van der Waals surface area contributed by atoms with Crippen molar-refractivity contribution in [3.8, 4) is 0 Å². The highest BCUT2D eigenvalue weighted by atomic mass is 79.9. The molecule has 1 saturated heterocycles. The Bertz CT molecular complexity index is 1050. The predicted molar refractivity (Wildman–Crippen MR) is 107 cm³/mol. The fourth-order valence-electron chi connectivity index (χ4n) is 2.97. The van der Waals surface area contributed by atoms with E-state index in [4.69, 9.17) is 11.6 Å². The standard InChI is InChI=1S/C19H14BrClF3N3O3/c1-18(10-3-2-4-12(20)7-10)16(29)27(17(30)26-18)9-15(28)25-14-8-11(19(22,23)24)5-6-13(14)21/h2-8H,9H2,1H3,(H,25,28)(H,26,30). The Morgan fingerprint density at radius 1 is 1.23 bits per heavy atom. The van der Waals surface area contributed by atoms with E-state index in [-0.39, 0.29) is 10.7 Å². The molecule has 1 fully saturated rings. The quantitative estimate of drug-likeness (QED) is 0.601. The normalized spacial score (nSPS) is 19.1. The van der Waals surface area contributed by atoms with Crippen molar-refractivity contribution in [2.45, 2.75) is 18.6 Å². The van der Waals surface area contributed by atoms with Crippen LogP contribution in [0.1, 0.15) is 18.1 Å². The number of benzene rings is 2. The number of hydrogen-bond acceptors (Lipinski definition) is 3.